The van der Waals surface area contributed by atoms with Crippen LogP contribution >= 0.6 is 0 Å². The number of hydrogen-bond donors (Lipinski definition) is 3. The quantitative estimate of drug-likeness (QED) is 0.733. The average Bonchev–Trinajstić information content (AvgIpc) is 2.33. The Morgan fingerprint density at radius 1 is 1.37 bits per heavy atom. The topological polar surface area (TPSA) is 86.6 Å². The van der Waals surface area contributed by atoms with E-state index in [2.05, 4.69) is 5.32 Å². The molecule has 5 heteroatoms. The molecular weight excluding hydrogens is 246 g/mol. The van der Waals surface area contributed by atoms with Gasteiger partial charge in [-0.2, -0.15) is 0 Å². The number of nitrogens with one attached hydrogen (secondary N) is 1. The number of aromatic hydroxyl groups is 1. The van der Waals surface area contributed by atoms with E-state index in [0.717, 1.165) is 6.42 Å². The number of carbonyl (C=O) groups excluding carboxylic acids is 1. The summed E-state index contributed by atoms with van der Waals surface area (Å²) in [6, 6.07) is 4.45. The molecule has 1 amide bonds. The predicted molar refractivity (Wildman–Crippen MR) is 71.2 cm³/mol. The molecule has 0 aliphatic carbocycles. The lowest BCUT2D eigenvalue weighted by molar-refractivity contribution is -0.141. The van der Waals surface area contributed by atoms with Crippen LogP contribution in [0.2, 0.25) is 0 Å². The summed E-state index contributed by atoms with van der Waals surface area (Å²) in [5, 5.41) is 20.9. The Labute approximate surface area is 112 Å². The number of hydrogen-bond acceptors (Lipinski definition) is 3. The summed E-state index contributed by atoms with van der Waals surface area (Å²) in [4.78, 5) is 22.9. The third-order valence-corrected chi connectivity index (χ3v) is 2.95. The summed E-state index contributed by atoms with van der Waals surface area (Å²) in [5.41, 5.74) is 1.10. The molecule has 0 saturated carbocycles. The molecule has 5 nitrogen and oxygen atoms in total. The molecule has 1 atom stereocenters. The SMILES string of the molecule is CCCC(CNC(=O)c1ccc(O)cc1C)C(=O)O. The van der Waals surface area contributed by atoms with Crippen LogP contribution in [0.5, 0.6) is 5.75 Å². The van der Waals surface area contributed by atoms with Crippen molar-refractivity contribution in [2.45, 2.75) is 26.7 Å². The Hall–Kier alpha value is -2.04. The fourth-order valence-electron chi connectivity index (χ4n) is 1.88. The van der Waals surface area contributed by atoms with Crippen molar-refractivity contribution in [3.05, 3.63) is 29.3 Å². The molecule has 19 heavy (non-hydrogen) atoms. The van der Waals surface area contributed by atoms with Gasteiger partial charge >= 0.3 is 5.97 Å². The van der Waals surface area contributed by atoms with Crippen LogP contribution in [0.4, 0.5) is 0 Å². The Morgan fingerprint density at radius 2 is 2.05 bits per heavy atom. The third kappa shape index (κ3) is 4.28. The second-order valence-corrected chi connectivity index (χ2v) is 4.53. The maximum absolute atomic E-state index is 11.9. The lowest BCUT2D eigenvalue weighted by Crippen LogP contribution is -2.33. The first kappa shape index (κ1) is 15.0. The minimum Gasteiger partial charge on any atom is -0.508 e. The molecule has 0 aromatic heterocycles. The number of carbonyl (C=O) groups is 2. The summed E-state index contributed by atoms with van der Waals surface area (Å²) >= 11 is 0. The smallest absolute Gasteiger partial charge is 0.308 e. The van der Waals surface area contributed by atoms with Gasteiger partial charge in [-0.05, 0) is 37.1 Å². The molecule has 0 heterocycles. The molecular formula is C14H19NO4. The molecule has 1 aromatic carbocycles. The van der Waals surface area contributed by atoms with Gasteiger partial charge < -0.3 is 15.5 Å². The molecule has 0 aliphatic heterocycles. The minimum atomic E-state index is -0.899. The van der Waals surface area contributed by atoms with Gasteiger partial charge in [0.25, 0.3) is 5.91 Å². The number of aliphatic carboxylic acids is 1. The maximum Gasteiger partial charge on any atom is 0.308 e. The monoisotopic (exact) mass is 265 g/mol. The number of carboxylic acids is 1. The highest BCUT2D eigenvalue weighted by molar-refractivity contribution is 5.96. The Morgan fingerprint density at radius 3 is 2.58 bits per heavy atom. The highest BCUT2D eigenvalue weighted by Gasteiger charge is 2.18. The molecule has 3 N–H and O–H groups in total. The summed E-state index contributed by atoms with van der Waals surface area (Å²) in [7, 11) is 0. The van der Waals surface area contributed by atoms with Crippen molar-refractivity contribution in [1.29, 1.82) is 0 Å². The third-order valence-electron chi connectivity index (χ3n) is 2.95. The van der Waals surface area contributed by atoms with Gasteiger partial charge in [0.1, 0.15) is 5.75 Å². The second-order valence-electron chi connectivity index (χ2n) is 4.53. The van der Waals surface area contributed by atoms with Crippen molar-refractivity contribution in [1.82, 2.24) is 5.32 Å². The molecule has 0 aliphatic rings. The van der Waals surface area contributed by atoms with E-state index in [4.69, 9.17) is 5.11 Å². The van der Waals surface area contributed by atoms with Crippen LogP contribution in [-0.2, 0) is 4.79 Å². The number of benzene rings is 1. The van der Waals surface area contributed by atoms with Gasteiger partial charge in [0.05, 0.1) is 5.92 Å². The first-order valence-corrected chi connectivity index (χ1v) is 6.26. The lowest BCUT2D eigenvalue weighted by atomic mass is 10.0. The van der Waals surface area contributed by atoms with E-state index in [1.807, 2.05) is 6.92 Å². The predicted octanol–water partition coefficient (Wildman–Crippen LogP) is 1.93. The lowest BCUT2D eigenvalue weighted by Gasteiger charge is -2.13. The highest BCUT2D eigenvalue weighted by Crippen LogP contribution is 2.15. The number of phenols is 1. The van der Waals surface area contributed by atoms with E-state index in [-0.39, 0.29) is 18.2 Å². The van der Waals surface area contributed by atoms with Crippen LogP contribution in [0.1, 0.15) is 35.7 Å². The normalized spacial score (nSPS) is 11.9. The van der Waals surface area contributed by atoms with Crippen molar-refractivity contribution in [3.63, 3.8) is 0 Å². The fourth-order valence-corrected chi connectivity index (χ4v) is 1.88. The molecule has 0 saturated heterocycles. The highest BCUT2D eigenvalue weighted by atomic mass is 16.4. The van der Waals surface area contributed by atoms with Crippen LogP contribution in [0.15, 0.2) is 18.2 Å². The molecule has 0 fully saturated rings. The van der Waals surface area contributed by atoms with Crippen molar-refractivity contribution in [2.75, 3.05) is 6.54 Å². The minimum absolute atomic E-state index is 0.100. The summed E-state index contributed by atoms with van der Waals surface area (Å²) < 4.78 is 0. The molecule has 0 spiro atoms. The Balaban J connectivity index is 2.66. The van der Waals surface area contributed by atoms with Gasteiger partial charge in [0, 0.05) is 12.1 Å². The van der Waals surface area contributed by atoms with E-state index >= 15 is 0 Å². The van der Waals surface area contributed by atoms with Gasteiger partial charge in [0.2, 0.25) is 0 Å². The molecule has 104 valence electrons. The van der Waals surface area contributed by atoms with Crippen LogP contribution in [0.25, 0.3) is 0 Å². The van der Waals surface area contributed by atoms with Crippen LogP contribution in [0, 0.1) is 12.8 Å². The van der Waals surface area contributed by atoms with Crippen molar-refractivity contribution >= 4 is 11.9 Å². The van der Waals surface area contributed by atoms with Crippen LogP contribution in [-0.4, -0.2) is 28.6 Å². The summed E-state index contributed by atoms with van der Waals surface area (Å²) in [6.45, 7) is 3.74. The number of phenolic OH excluding ortho intramolecular Hbond substituents is 1. The summed E-state index contributed by atoms with van der Waals surface area (Å²) in [6.07, 6.45) is 1.29. The van der Waals surface area contributed by atoms with Gasteiger partial charge in [-0.3, -0.25) is 9.59 Å². The summed E-state index contributed by atoms with van der Waals surface area (Å²) in [5.74, 6) is -1.68. The first-order chi connectivity index (χ1) is 8.95. The fraction of sp³-hybridized carbons (Fsp3) is 0.429. The van der Waals surface area contributed by atoms with Crippen molar-refractivity contribution in [2.24, 2.45) is 5.92 Å². The number of amides is 1. The zero-order valence-electron chi connectivity index (χ0n) is 11.1. The van der Waals surface area contributed by atoms with E-state index in [1.54, 1.807) is 6.92 Å². The molecule has 1 unspecified atom stereocenters. The van der Waals surface area contributed by atoms with Crippen LogP contribution < -0.4 is 5.32 Å². The van der Waals surface area contributed by atoms with Crippen molar-refractivity contribution in [3.8, 4) is 5.75 Å². The standard InChI is InChI=1S/C14H19NO4/c1-3-4-10(14(18)19)8-15-13(17)12-6-5-11(16)7-9(12)2/h5-7,10,16H,3-4,8H2,1-2H3,(H,15,17)(H,18,19). The van der Waals surface area contributed by atoms with Gasteiger partial charge in [-0.25, -0.2) is 0 Å². The van der Waals surface area contributed by atoms with E-state index < -0.39 is 11.9 Å². The van der Waals surface area contributed by atoms with E-state index in [0.29, 0.717) is 17.5 Å². The molecule has 0 radical (unpaired) electrons. The molecule has 1 rings (SSSR count). The zero-order valence-corrected chi connectivity index (χ0v) is 11.1. The number of rotatable bonds is 6. The van der Waals surface area contributed by atoms with E-state index in [1.165, 1.54) is 18.2 Å². The molecule has 0 bridgehead atoms. The van der Waals surface area contributed by atoms with Crippen LogP contribution in [0.3, 0.4) is 0 Å². The van der Waals surface area contributed by atoms with Gasteiger partial charge in [-0.1, -0.05) is 13.3 Å². The number of carboxylic acid groups (broad SMARTS) is 1. The second kappa shape index (κ2) is 6.78. The van der Waals surface area contributed by atoms with Crippen molar-refractivity contribution < 1.29 is 19.8 Å². The van der Waals surface area contributed by atoms with E-state index in [9.17, 15) is 14.7 Å². The van der Waals surface area contributed by atoms with Gasteiger partial charge in [0.15, 0.2) is 0 Å². The molecule has 1 aromatic rings. The number of aryl methyl sites for hydroxylation is 1. The first-order valence-electron chi connectivity index (χ1n) is 6.26. The Kier molecular flexibility index (Phi) is 5.36. The average molecular weight is 265 g/mol. The van der Waals surface area contributed by atoms with Gasteiger partial charge in [-0.15, -0.1) is 0 Å². The zero-order chi connectivity index (χ0) is 14.4. The maximum atomic E-state index is 11.9. The Bertz CT molecular complexity index is 471. The largest absolute Gasteiger partial charge is 0.508 e.